The normalized spacial score (nSPS) is 10.5. The van der Waals surface area contributed by atoms with E-state index in [9.17, 15) is 5.26 Å². The van der Waals surface area contributed by atoms with Crippen molar-refractivity contribution in [2.24, 2.45) is 0 Å². The van der Waals surface area contributed by atoms with Gasteiger partial charge in [-0.25, -0.2) is 0 Å². The summed E-state index contributed by atoms with van der Waals surface area (Å²) < 4.78 is 2.03. The van der Waals surface area contributed by atoms with Crippen molar-refractivity contribution in [3.8, 4) is 11.8 Å². The Hall–Kier alpha value is -2.24. The summed E-state index contributed by atoms with van der Waals surface area (Å²) in [4.78, 5) is 0. The van der Waals surface area contributed by atoms with Gasteiger partial charge in [0.2, 0.25) is 0 Å². The van der Waals surface area contributed by atoms with Crippen molar-refractivity contribution in [1.82, 2.24) is 4.57 Å². The summed E-state index contributed by atoms with van der Waals surface area (Å²) in [7, 11) is 0. The highest BCUT2D eigenvalue weighted by atomic mass is 35.5. The van der Waals surface area contributed by atoms with Crippen molar-refractivity contribution < 1.29 is 0 Å². The molecule has 0 spiro atoms. The van der Waals surface area contributed by atoms with Gasteiger partial charge in [-0.3, -0.25) is 0 Å². The second kappa shape index (κ2) is 4.79. The average molecular weight is 267 g/mol. The molecule has 3 rings (SSSR count). The first-order valence-electron chi connectivity index (χ1n) is 5.99. The van der Waals surface area contributed by atoms with Crippen LogP contribution in [0, 0.1) is 11.3 Å². The molecule has 92 valence electrons. The Morgan fingerprint density at radius 3 is 2.53 bits per heavy atom. The Kier molecular flexibility index (Phi) is 2.98. The highest BCUT2D eigenvalue weighted by Crippen LogP contribution is 2.24. The number of fused-ring (bicyclic) bond motifs is 1. The lowest BCUT2D eigenvalue weighted by Crippen LogP contribution is -1.94. The van der Waals surface area contributed by atoms with Crippen molar-refractivity contribution in [2.45, 2.75) is 5.88 Å². The number of halogens is 1. The van der Waals surface area contributed by atoms with E-state index in [1.54, 1.807) is 0 Å². The van der Waals surface area contributed by atoms with E-state index < -0.39 is 0 Å². The van der Waals surface area contributed by atoms with E-state index in [-0.39, 0.29) is 0 Å². The number of hydrogen-bond donors (Lipinski definition) is 0. The first-order chi connectivity index (χ1) is 9.33. The number of nitrogens with zero attached hydrogens (tertiary/aromatic N) is 2. The predicted octanol–water partition coefficient (Wildman–Crippen LogP) is 4.24. The highest BCUT2D eigenvalue weighted by Gasteiger charge is 2.07. The van der Waals surface area contributed by atoms with E-state index >= 15 is 0 Å². The van der Waals surface area contributed by atoms with Crippen LogP contribution in [0.25, 0.3) is 16.6 Å². The van der Waals surface area contributed by atoms with Crippen LogP contribution in [0.1, 0.15) is 11.1 Å². The van der Waals surface area contributed by atoms with Crippen molar-refractivity contribution in [3.05, 3.63) is 65.9 Å². The number of nitriles is 1. The van der Waals surface area contributed by atoms with Gasteiger partial charge in [-0.2, -0.15) is 5.26 Å². The molecule has 1 heterocycles. The topological polar surface area (TPSA) is 28.7 Å². The van der Waals surface area contributed by atoms with Gasteiger partial charge in [-0.05, 0) is 29.8 Å². The van der Waals surface area contributed by atoms with Crippen LogP contribution in [0.5, 0.6) is 0 Å². The molecule has 1 aromatic heterocycles. The van der Waals surface area contributed by atoms with Gasteiger partial charge in [-0.15, -0.1) is 11.6 Å². The molecule has 0 fully saturated rings. The zero-order valence-electron chi connectivity index (χ0n) is 10.2. The minimum atomic E-state index is 0.510. The summed E-state index contributed by atoms with van der Waals surface area (Å²) in [5.74, 6) is 0.510. The smallest absolute Gasteiger partial charge is 0.101 e. The van der Waals surface area contributed by atoms with Gasteiger partial charge >= 0.3 is 0 Å². The summed E-state index contributed by atoms with van der Waals surface area (Å²) >= 11 is 5.80. The third kappa shape index (κ3) is 1.99. The lowest BCUT2D eigenvalue weighted by atomic mass is 10.1. The number of rotatable bonds is 2. The molecule has 0 aliphatic rings. The van der Waals surface area contributed by atoms with Gasteiger partial charge in [0.25, 0.3) is 0 Å². The maximum atomic E-state index is 9.23. The molecular weight excluding hydrogens is 256 g/mol. The highest BCUT2D eigenvalue weighted by molar-refractivity contribution is 6.17. The number of aromatic nitrogens is 1. The first-order valence-corrected chi connectivity index (χ1v) is 6.52. The van der Waals surface area contributed by atoms with Crippen LogP contribution in [0.4, 0.5) is 0 Å². The summed E-state index contributed by atoms with van der Waals surface area (Å²) in [6.07, 6.45) is 1.99. The Labute approximate surface area is 116 Å². The zero-order valence-corrected chi connectivity index (χ0v) is 10.9. The third-order valence-electron chi connectivity index (χ3n) is 3.20. The first kappa shape index (κ1) is 11.8. The van der Waals surface area contributed by atoms with Crippen LogP contribution in [-0.2, 0) is 5.88 Å². The maximum absolute atomic E-state index is 9.23. The van der Waals surface area contributed by atoms with Crippen LogP contribution in [0.15, 0.2) is 54.7 Å². The minimum absolute atomic E-state index is 0.510. The van der Waals surface area contributed by atoms with Gasteiger partial charge in [0.15, 0.2) is 0 Å². The van der Waals surface area contributed by atoms with E-state index in [1.807, 2.05) is 59.3 Å². The standard InChI is InChI=1S/C16H11ClN2/c17-10-12-4-6-15(7-5-12)19-9-8-13-2-1-3-14(11-18)16(13)19/h1-9H,10H2. The number of para-hydroxylation sites is 1. The summed E-state index contributed by atoms with van der Waals surface area (Å²) in [6, 6.07) is 18.1. The summed E-state index contributed by atoms with van der Waals surface area (Å²) in [5, 5.41) is 10.3. The summed E-state index contributed by atoms with van der Waals surface area (Å²) in [5.41, 5.74) is 3.75. The van der Waals surface area contributed by atoms with E-state index in [0.29, 0.717) is 11.4 Å². The Morgan fingerprint density at radius 2 is 1.84 bits per heavy atom. The lowest BCUT2D eigenvalue weighted by molar-refractivity contribution is 1.12. The maximum Gasteiger partial charge on any atom is 0.101 e. The molecule has 0 atom stereocenters. The van der Waals surface area contributed by atoms with Gasteiger partial charge < -0.3 is 4.57 Å². The van der Waals surface area contributed by atoms with Crippen molar-refractivity contribution in [1.29, 1.82) is 5.26 Å². The van der Waals surface area contributed by atoms with Crippen LogP contribution in [0.2, 0.25) is 0 Å². The fourth-order valence-electron chi connectivity index (χ4n) is 2.25. The fraction of sp³-hybridized carbons (Fsp3) is 0.0625. The predicted molar refractivity (Wildman–Crippen MR) is 77.5 cm³/mol. The second-order valence-corrected chi connectivity index (χ2v) is 4.61. The molecular formula is C16H11ClN2. The zero-order chi connectivity index (χ0) is 13.2. The number of hydrogen-bond acceptors (Lipinski definition) is 1. The minimum Gasteiger partial charge on any atom is -0.315 e. The number of alkyl halides is 1. The van der Waals surface area contributed by atoms with Crippen LogP contribution < -0.4 is 0 Å². The van der Waals surface area contributed by atoms with Crippen LogP contribution in [-0.4, -0.2) is 4.57 Å². The average Bonchev–Trinajstić information content (AvgIpc) is 2.91. The molecule has 0 unspecified atom stereocenters. The van der Waals surface area contributed by atoms with E-state index in [0.717, 1.165) is 22.2 Å². The Bertz CT molecular complexity index is 764. The van der Waals surface area contributed by atoms with Crippen molar-refractivity contribution >= 4 is 22.5 Å². The van der Waals surface area contributed by atoms with Crippen molar-refractivity contribution in [2.75, 3.05) is 0 Å². The molecule has 0 saturated carbocycles. The van der Waals surface area contributed by atoms with E-state index in [4.69, 9.17) is 11.6 Å². The molecule has 19 heavy (non-hydrogen) atoms. The molecule has 0 radical (unpaired) electrons. The van der Waals surface area contributed by atoms with Crippen LogP contribution >= 0.6 is 11.6 Å². The van der Waals surface area contributed by atoms with Crippen LogP contribution in [0.3, 0.4) is 0 Å². The van der Waals surface area contributed by atoms with Gasteiger partial charge in [0.05, 0.1) is 11.1 Å². The molecule has 0 N–H and O–H groups in total. The molecule has 0 aliphatic heterocycles. The lowest BCUT2D eigenvalue weighted by Gasteiger charge is -2.07. The molecule has 0 amide bonds. The van der Waals surface area contributed by atoms with Crippen molar-refractivity contribution in [3.63, 3.8) is 0 Å². The third-order valence-corrected chi connectivity index (χ3v) is 3.51. The van der Waals surface area contributed by atoms with Gasteiger partial charge in [-0.1, -0.05) is 24.3 Å². The molecule has 2 nitrogen and oxygen atoms in total. The molecule has 0 saturated heterocycles. The molecule has 2 aromatic carbocycles. The quantitative estimate of drug-likeness (QED) is 0.638. The second-order valence-electron chi connectivity index (χ2n) is 4.34. The SMILES string of the molecule is N#Cc1cccc2ccn(-c3ccc(CCl)cc3)c12. The summed E-state index contributed by atoms with van der Waals surface area (Å²) in [6.45, 7) is 0. The fourth-order valence-corrected chi connectivity index (χ4v) is 2.42. The Balaban J connectivity index is 2.22. The number of benzene rings is 2. The monoisotopic (exact) mass is 266 g/mol. The molecule has 3 aromatic rings. The van der Waals surface area contributed by atoms with E-state index in [2.05, 4.69) is 6.07 Å². The van der Waals surface area contributed by atoms with Gasteiger partial charge in [0.1, 0.15) is 6.07 Å². The largest absolute Gasteiger partial charge is 0.315 e. The molecule has 3 heteroatoms. The van der Waals surface area contributed by atoms with Gasteiger partial charge in [0, 0.05) is 23.2 Å². The van der Waals surface area contributed by atoms with E-state index in [1.165, 1.54) is 0 Å². The Morgan fingerprint density at radius 1 is 1.05 bits per heavy atom. The molecule has 0 bridgehead atoms. The molecule has 0 aliphatic carbocycles.